The van der Waals surface area contributed by atoms with Crippen LogP contribution >= 0.6 is 0 Å². The van der Waals surface area contributed by atoms with E-state index in [9.17, 15) is 9.90 Å². The first kappa shape index (κ1) is 10.5. The van der Waals surface area contributed by atoms with E-state index in [1.165, 1.54) is 7.11 Å². The number of phenols is 1. The van der Waals surface area contributed by atoms with Crippen molar-refractivity contribution in [3.05, 3.63) is 23.8 Å². The van der Waals surface area contributed by atoms with Crippen LogP contribution in [0.3, 0.4) is 0 Å². The monoisotopic (exact) mass is 195 g/mol. The number of carbonyl (C=O) groups is 1. The summed E-state index contributed by atoms with van der Waals surface area (Å²) in [5, 5.41) is 12.0. The summed E-state index contributed by atoms with van der Waals surface area (Å²) in [5.41, 5.74) is 1.34. The van der Waals surface area contributed by atoms with Gasteiger partial charge in [0.15, 0.2) is 0 Å². The minimum Gasteiger partial charge on any atom is -0.506 e. The molecule has 4 heteroatoms. The van der Waals surface area contributed by atoms with Crippen LogP contribution in [0.1, 0.15) is 5.56 Å². The summed E-state index contributed by atoms with van der Waals surface area (Å²) < 4.78 is 4.65. The maximum absolute atomic E-state index is 11.1. The first-order chi connectivity index (χ1) is 6.63. The van der Waals surface area contributed by atoms with Crippen molar-refractivity contribution in [2.45, 2.75) is 6.92 Å². The highest BCUT2D eigenvalue weighted by Crippen LogP contribution is 2.23. The molecule has 0 unspecified atom stereocenters. The van der Waals surface area contributed by atoms with Gasteiger partial charge in [0.25, 0.3) is 0 Å². The number of anilines is 1. The summed E-state index contributed by atoms with van der Waals surface area (Å²) in [4.78, 5) is 11.1. The molecule has 0 radical (unpaired) electrons. The van der Waals surface area contributed by atoms with Gasteiger partial charge in [0.05, 0.1) is 5.69 Å². The van der Waals surface area contributed by atoms with Crippen molar-refractivity contribution in [3.8, 4) is 5.75 Å². The summed E-state index contributed by atoms with van der Waals surface area (Å²) in [7, 11) is 1.44. The van der Waals surface area contributed by atoms with Crippen molar-refractivity contribution in [2.24, 2.45) is 0 Å². The number of hydrogen-bond acceptors (Lipinski definition) is 3. The van der Waals surface area contributed by atoms with Crippen LogP contribution < -0.4 is 5.32 Å². The zero-order valence-electron chi connectivity index (χ0n) is 8.20. The van der Waals surface area contributed by atoms with E-state index in [0.717, 1.165) is 5.56 Å². The Kier molecular flexibility index (Phi) is 3.48. The van der Waals surface area contributed by atoms with E-state index < -0.39 is 0 Å². The molecule has 1 amide bonds. The third-order valence-electron chi connectivity index (χ3n) is 1.70. The van der Waals surface area contributed by atoms with Crippen LogP contribution in [0.25, 0.3) is 0 Å². The molecule has 0 saturated heterocycles. The van der Waals surface area contributed by atoms with E-state index in [-0.39, 0.29) is 18.3 Å². The number of methoxy groups -OCH3 is 1. The molecule has 0 bridgehead atoms. The van der Waals surface area contributed by atoms with Crippen LogP contribution in [-0.4, -0.2) is 24.7 Å². The molecule has 0 saturated carbocycles. The molecule has 0 heterocycles. The normalized spacial score (nSPS) is 9.86. The summed E-state index contributed by atoms with van der Waals surface area (Å²) in [6.07, 6.45) is 0. The number of hydrogen-bond donors (Lipinski definition) is 2. The molecule has 1 rings (SSSR count). The summed E-state index contributed by atoms with van der Waals surface area (Å²) in [5.74, 6) is -0.221. The minimum absolute atomic E-state index is 0.0205. The van der Waals surface area contributed by atoms with Gasteiger partial charge in [-0.15, -0.1) is 0 Å². The predicted octanol–water partition coefficient (Wildman–Crippen LogP) is 1.29. The topological polar surface area (TPSA) is 58.6 Å². The SMILES string of the molecule is COCC(=O)Nc1ccc(C)cc1O. The Hall–Kier alpha value is -1.55. The number of aryl methyl sites for hydroxylation is 1. The predicted molar refractivity (Wildman–Crippen MR) is 53.3 cm³/mol. The molecule has 0 spiro atoms. The van der Waals surface area contributed by atoms with Gasteiger partial charge in [0, 0.05) is 7.11 Å². The van der Waals surface area contributed by atoms with Gasteiger partial charge in [-0.3, -0.25) is 4.79 Å². The second-order valence-electron chi connectivity index (χ2n) is 3.00. The van der Waals surface area contributed by atoms with Crippen molar-refractivity contribution in [1.82, 2.24) is 0 Å². The number of aromatic hydroxyl groups is 1. The third-order valence-corrected chi connectivity index (χ3v) is 1.70. The van der Waals surface area contributed by atoms with Crippen molar-refractivity contribution in [1.29, 1.82) is 0 Å². The van der Waals surface area contributed by atoms with Crippen LogP contribution in [0.5, 0.6) is 5.75 Å². The largest absolute Gasteiger partial charge is 0.506 e. The summed E-state index contributed by atoms with van der Waals surface area (Å²) in [6.45, 7) is 1.84. The first-order valence-corrected chi connectivity index (χ1v) is 4.22. The van der Waals surface area contributed by atoms with Crippen LogP contribution in [0.15, 0.2) is 18.2 Å². The lowest BCUT2D eigenvalue weighted by atomic mass is 10.2. The van der Waals surface area contributed by atoms with E-state index >= 15 is 0 Å². The van der Waals surface area contributed by atoms with E-state index in [1.54, 1.807) is 12.1 Å². The van der Waals surface area contributed by atoms with Crippen LogP contribution in [-0.2, 0) is 9.53 Å². The molecule has 0 aliphatic heterocycles. The number of carbonyl (C=O) groups excluding carboxylic acids is 1. The summed E-state index contributed by atoms with van der Waals surface area (Å²) >= 11 is 0. The second kappa shape index (κ2) is 4.62. The van der Waals surface area contributed by atoms with Crippen molar-refractivity contribution >= 4 is 11.6 Å². The molecule has 14 heavy (non-hydrogen) atoms. The van der Waals surface area contributed by atoms with Gasteiger partial charge in [0.1, 0.15) is 12.4 Å². The smallest absolute Gasteiger partial charge is 0.250 e. The summed E-state index contributed by atoms with van der Waals surface area (Å²) in [6, 6.07) is 5.04. The van der Waals surface area contributed by atoms with E-state index in [0.29, 0.717) is 5.69 Å². The van der Waals surface area contributed by atoms with Crippen molar-refractivity contribution < 1.29 is 14.6 Å². The van der Waals surface area contributed by atoms with Crippen LogP contribution in [0.2, 0.25) is 0 Å². The number of rotatable bonds is 3. The van der Waals surface area contributed by atoms with Gasteiger partial charge in [-0.25, -0.2) is 0 Å². The average molecular weight is 195 g/mol. The lowest BCUT2D eigenvalue weighted by Gasteiger charge is -2.06. The lowest BCUT2D eigenvalue weighted by molar-refractivity contribution is -0.119. The van der Waals surface area contributed by atoms with Crippen LogP contribution in [0, 0.1) is 6.92 Å². The molecule has 0 aliphatic rings. The zero-order chi connectivity index (χ0) is 10.6. The van der Waals surface area contributed by atoms with Crippen LogP contribution in [0.4, 0.5) is 5.69 Å². The number of ether oxygens (including phenoxy) is 1. The Balaban J connectivity index is 2.72. The zero-order valence-corrected chi connectivity index (χ0v) is 8.20. The van der Waals surface area contributed by atoms with Gasteiger partial charge >= 0.3 is 0 Å². The molecule has 76 valence electrons. The lowest BCUT2D eigenvalue weighted by Crippen LogP contribution is -2.17. The molecule has 0 aliphatic carbocycles. The fourth-order valence-electron chi connectivity index (χ4n) is 1.06. The number of amides is 1. The minimum atomic E-state index is -0.286. The molecule has 0 fully saturated rings. The van der Waals surface area contributed by atoms with Crippen molar-refractivity contribution in [3.63, 3.8) is 0 Å². The van der Waals surface area contributed by atoms with Gasteiger partial charge in [-0.2, -0.15) is 0 Å². The molecule has 0 atom stereocenters. The fraction of sp³-hybridized carbons (Fsp3) is 0.300. The molecular weight excluding hydrogens is 182 g/mol. The Bertz CT molecular complexity index is 336. The number of phenolic OH excluding ortho intramolecular Hbond substituents is 1. The maximum Gasteiger partial charge on any atom is 0.250 e. The molecule has 1 aromatic rings. The standard InChI is InChI=1S/C10H13NO3/c1-7-3-4-8(9(12)5-7)11-10(13)6-14-2/h3-5,12H,6H2,1-2H3,(H,11,13). The van der Waals surface area contributed by atoms with Gasteiger partial charge < -0.3 is 15.2 Å². The third kappa shape index (κ3) is 2.74. The quantitative estimate of drug-likeness (QED) is 0.714. The van der Waals surface area contributed by atoms with Gasteiger partial charge in [-0.05, 0) is 24.6 Å². The van der Waals surface area contributed by atoms with Crippen molar-refractivity contribution in [2.75, 3.05) is 19.0 Å². The Morgan fingerprint density at radius 1 is 1.57 bits per heavy atom. The highest BCUT2D eigenvalue weighted by Gasteiger charge is 2.05. The highest BCUT2D eigenvalue weighted by atomic mass is 16.5. The maximum atomic E-state index is 11.1. The Morgan fingerprint density at radius 2 is 2.29 bits per heavy atom. The Labute approximate surface area is 82.5 Å². The average Bonchev–Trinajstić information content (AvgIpc) is 2.10. The molecule has 1 aromatic carbocycles. The van der Waals surface area contributed by atoms with E-state index in [1.807, 2.05) is 13.0 Å². The molecule has 0 aromatic heterocycles. The molecular formula is C10H13NO3. The number of benzene rings is 1. The second-order valence-corrected chi connectivity index (χ2v) is 3.00. The Morgan fingerprint density at radius 3 is 2.86 bits per heavy atom. The molecule has 2 N–H and O–H groups in total. The van der Waals surface area contributed by atoms with E-state index in [2.05, 4.69) is 10.1 Å². The van der Waals surface area contributed by atoms with Gasteiger partial charge in [0.2, 0.25) is 5.91 Å². The number of nitrogens with one attached hydrogen (secondary N) is 1. The highest BCUT2D eigenvalue weighted by molar-refractivity contribution is 5.93. The first-order valence-electron chi connectivity index (χ1n) is 4.22. The van der Waals surface area contributed by atoms with Gasteiger partial charge in [-0.1, -0.05) is 6.07 Å². The van der Waals surface area contributed by atoms with E-state index in [4.69, 9.17) is 0 Å². The fourth-order valence-corrected chi connectivity index (χ4v) is 1.06. The molecule has 4 nitrogen and oxygen atoms in total.